The minimum Gasteiger partial charge on any atom is -0.383 e. The number of nitrogens with one attached hydrogen (secondary N) is 1. The molecule has 0 saturated heterocycles. The molecule has 166 valence electrons. The molecular weight excluding hydrogens is 432 g/mol. The van der Waals surface area contributed by atoms with Gasteiger partial charge in [0.25, 0.3) is 0 Å². The number of benzene rings is 1. The Morgan fingerprint density at radius 1 is 1.12 bits per heavy atom. The highest BCUT2D eigenvalue weighted by Crippen LogP contribution is 2.38. The van der Waals surface area contributed by atoms with Gasteiger partial charge in [0, 0.05) is 11.8 Å². The molecule has 0 bridgehead atoms. The number of aromatic nitrogens is 2. The summed E-state index contributed by atoms with van der Waals surface area (Å²) in [5.74, 6) is 0.571. The Bertz CT molecular complexity index is 1230. The number of carbonyl (C=O) groups is 1. The van der Waals surface area contributed by atoms with Crippen LogP contribution in [-0.2, 0) is 4.79 Å². The fourth-order valence-corrected chi connectivity index (χ4v) is 4.33. The number of nitrogens with zero attached hydrogens (tertiary/aromatic N) is 4. The van der Waals surface area contributed by atoms with Gasteiger partial charge < -0.3 is 11.1 Å². The van der Waals surface area contributed by atoms with E-state index in [9.17, 15) is 15.3 Å². The Morgan fingerprint density at radius 3 is 2.36 bits per heavy atom. The lowest BCUT2D eigenvalue weighted by Gasteiger charge is -2.17. The summed E-state index contributed by atoms with van der Waals surface area (Å²) < 4.78 is 0. The number of pyridine rings is 2. The Labute approximate surface area is 197 Å². The quantitative estimate of drug-likeness (QED) is 0.473. The average Bonchev–Trinajstić information content (AvgIpc) is 2.82. The lowest BCUT2D eigenvalue weighted by Crippen LogP contribution is -2.25. The first-order valence-electron chi connectivity index (χ1n) is 10.5. The average molecular weight is 457 g/mol. The van der Waals surface area contributed by atoms with Crippen molar-refractivity contribution in [2.24, 2.45) is 0 Å². The van der Waals surface area contributed by atoms with Crippen LogP contribution in [0, 0.1) is 22.7 Å². The number of anilines is 2. The second-order valence-corrected chi connectivity index (χ2v) is 8.84. The standard InChI is InChI=1S/C25H24N6OS/c1-4-20(24(32)30-21-7-5-6-12-29-21)33-25-19(14-27)22(18(13-26)23(28)31-25)17-10-8-16(9-11-17)15(2)3/h5-12,15,20H,4H2,1-3H3,(H2,28,31)(H,29,30,32). The highest BCUT2D eigenvalue weighted by atomic mass is 32.2. The summed E-state index contributed by atoms with van der Waals surface area (Å²) in [5.41, 5.74) is 8.78. The van der Waals surface area contributed by atoms with Crippen molar-refractivity contribution in [3.8, 4) is 23.3 Å². The van der Waals surface area contributed by atoms with Gasteiger partial charge in [-0.1, -0.05) is 62.9 Å². The molecule has 0 fully saturated rings. The summed E-state index contributed by atoms with van der Waals surface area (Å²) >= 11 is 1.15. The van der Waals surface area contributed by atoms with Crippen molar-refractivity contribution in [2.45, 2.75) is 43.4 Å². The molecule has 7 nitrogen and oxygen atoms in total. The molecule has 1 aromatic carbocycles. The van der Waals surface area contributed by atoms with E-state index in [1.54, 1.807) is 24.4 Å². The zero-order valence-corrected chi connectivity index (χ0v) is 19.5. The summed E-state index contributed by atoms with van der Waals surface area (Å²) in [5, 5.41) is 22.3. The van der Waals surface area contributed by atoms with Crippen molar-refractivity contribution in [1.29, 1.82) is 10.5 Å². The summed E-state index contributed by atoms with van der Waals surface area (Å²) in [6.45, 7) is 6.06. The second-order valence-electron chi connectivity index (χ2n) is 7.65. The molecule has 33 heavy (non-hydrogen) atoms. The molecule has 8 heteroatoms. The molecule has 0 saturated carbocycles. The number of nitrogens with two attached hydrogens (primary N) is 1. The molecule has 1 amide bonds. The van der Waals surface area contributed by atoms with E-state index < -0.39 is 5.25 Å². The Kier molecular flexibility index (Phi) is 7.66. The van der Waals surface area contributed by atoms with E-state index in [1.807, 2.05) is 31.2 Å². The van der Waals surface area contributed by atoms with Crippen molar-refractivity contribution < 1.29 is 4.79 Å². The molecule has 0 spiro atoms. The van der Waals surface area contributed by atoms with Crippen LogP contribution >= 0.6 is 11.8 Å². The lowest BCUT2D eigenvalue weighted by atomic mass is 9.94. The monoisotopic (exact) mass is 456 g/mol. The van der Waals surface area contributed by atoms with Crippen LogP contribution in [0.3, 0.4) is 0 Å². The molecule has 3 N–H and O–H groups in total. The van der Waals surface area contributed by atoms with Gasteiger partial charge in [0.1, 0.15) is 34.4 Å². The summed E-state index contributed by atoms with van der Waals surface area (Å²) in [6.07, 6.45) is 2.09. The van der Waals surface area contributed by atoms with Crippen LogP contribution in [-0.4, -0.2) is 21.1 Å². The van der Waals surface area contributed by atoms with E-state index >= 15 is 0 Å². The van der Waals surface area contributed by atoms with Crippen LogP contribution in [0.2, 0.25) is 0 Å². The third-order valence-corrected chi connectivity index (χ3v) is 6.47. The number of nitrogen functional groups attached to an aromatic ring is 1. The smallest absolute Gasteiger partial charge is 0.239 e. The van der Waals surface area contributed by atoms with Crippen LogP contribution in [0.5, 0.6) is 0 Å². The van der Waals surface area contributed by atoms with E-state index in [0.29, 0.717) is 34.3 Å². The van der Waals surface area contributed by atoms with Crippen molar-refractivity contribution >= 4 is 29.3 Å². The first-order chi connectivity index (χ1) is 15.9. The number of thioether (sulfide) groups is 1. The van der Waals surface area contributed by atoms with Crippen molar-refractivity contribution in [3.63, 3.8) is 0 Å². The molecule has 1 atom stereocenters. The first kappa shape index (κ1) is 23.8. The highest BCUT2D eigenvalue weighted by Gasteiger charge is 2.25. The van der Waals surface area contributed by atoms with Gasteiger partial charge in [-0.05, 0) is 35.6 Å². The van der Waals surface area contributed by atoms with E-state index in [2.05, 4.69) is 41.3 Å². The third kappa shape index (κ3) is 5.31. The molecule has 3 aromatic rings. The SMILES string of the molecule is CCC(Sc1nc(N)c(C#N)c(-c2ccc(C(C)C)cc2)c1C#N)C(=O)Nc1ccccn1. The number of hydrogen-bond donors (Lipinski definition) is 2. The van der Waals surface area contributed by atoms with E-state index in [-0.39, 0.29) is 22.9 Å². The Morgan fingerprint density at radius 2 is 1.82 bits per heavy atom. The minimum atomic E-state index is -0.532. The van der Waals surface area contributed by atoms with E-state index in [0.717, 1.165) is 17.3 Å². The molecule has 3 rings (SSSR count). The van der Waals surface area contributed by atoms with Gasteiger partial charge in [-0.15, -0.1) is 0 Å². The maximum absolute atomic E-state index is 12.8. The maximum Gasteiger partial charge on any atom is 0.239 e. The highest BCUT2D eigenvalue weighted by molar-refractivity contribution is 8.00. The Hall–Kier alpha value is -3.88. The van der Waals surface area contributed by atoms with Gasteiger partial charge in [-0.25, -0.2) is 9.97 Å². The van der Waals surface area contributed by atoms with E-state index in [4.69, 9.17) is 5.73 Å². The molecule has 0 aliphatic rings. The third-order valence-electron chi connectivity index (χ3n) is 5.11. The summed E-state index contributed by atoms with van der Waals surface area (Å²) in [6, 6.07) is 17.2. The molecule has 1 unspecified atom stereocenters. The number of carbonyl (C=O) groups excluding carboxylic acids is 1. The van der Waals surface area contributed by atoms with Gasteiger partial charge >= 0.3 is 0 Å². The molecular formula is C25H24N6OS. The predicted octanol–water partition coefficient (Wildman–Crippen LogP) is 5.10. The predicted molar refractivity (Wildman–Crippen MR) is 130 cm³/mol. The molecule has 2 heterocycles. The number of amides is 1. The zero-order chi connectivity index (χ0) is 24.0. The zero-order valence-electron chi connectivity index (χ0n) is 18.7. The normalized spacial score (nSPS) is 11.5. The summed E-state index contributed by atoms with van der Waals surface area (Å²) in [4.78, 5) is 21.3. The van der Waals surface area contributed by atoms with Crippen LogP contribution < -0.4 is 11.1 Å². The Balaban J connectivity index is 2.03. The van der Waals surface area contributed by atoms with Crippen LogP contribution in [0.1, 0.15) is 49.8 Å². The lowest BCUT2D eigenvalue weighted by molar-refractivity contribution is -0.115. The van der Waals surface area contributed by atoms with Gasteiger partial charge in [0.15, 0.2) is 0 Å². The van der Waals surface area contributed by atoms with E-state index in [1.165, 1.54) is 0 Å². The van der Waals surface area contributed by atoms with Gasteiger partial charge in [0.05, 0.1) is 10.8 Å². The van der Waals surface area contributed by atoms with Crippen LogP contribution in [0.15, 0.2) is 53.7 Å². The van der Waals surface area contributed by atoms with Gasteiger partial charge in [-0.2, -0.15) is 10.5 Å². The fraction of sp³-hybridized carbons (Fsp3) is 0.240. The summed E-state index contributed by atoms with van der Waals surface area (Å²) in [7, 11) is 0. The number of rotatable bonds is 7. The first-order valence-corrected chi connectivity index (χ1v) is 11.4. The van der Waals surface area contributed by atoms with Gasteiger partial charge in [0.2, 0.25) is 5.91 Å². The maximum atomic E-state index is 12.8. The van der Waals surface area contributed by atoms with Crippen LogP contribution in [0.4, 0.5) is 11.6 Å². The molecule has 2 aromatic heterocycles. The number of nitriles is 2. The molecule has 0 aliphatic carbocycles. The van der Waals surface area contributed by atoms with Crippen LogP contribution in [0.25, 0.3) is 11.1 Å². The fourth-order valence-electron chi connectivity index (χ4n) is 3.31. The van der Waals surface area contributed by atoms with Crippen molar-refractivity contribution in [2.75, 3.05) is 11.1 Å². The molecule has 0 radical (unpaired) electrons. The second kappa shape index (κ2) is 10.6. The minimum absolute atomic E-state index is 0.0296. The number of hydrogen-bond acceptors (Lipinski definition) is 7. The van der Waals surface area contributed by atoms with Crippen molar-refractivity contribution in [3.05, 3.63) is 65.4 Å². The largest absolute Gasteiger partial charge is 0.383 e. The van der Waals surface area contributed by atoms with Gasteiger partial charge in [-0.3, -0.25) is 4.79 Å². The van der Waals surface area contributed by atoms with Crippen molar-refractivity contribution in [1.82, 2.24) is 9.97 Å². The molecule has 0 aliphatic heterocycles. The topological polar surface area (TPSA) is 128 Å².